The molecule has 1 fully saturated rings. The fraction of sp³-hybridized carbons (Fsp3) is 0.389. The lowest BCUT2D eigenvalue weighted by molar-refractivity contribution is -0.0440. The van der Waals surface area contributed by atoms with E-state index in [4.69, 9.17) is 27.9 Å². The van der Waals surface area contributed by atoms with Gasteiger partial charge in [0.05, 0.1) is 22.1 Å². The smallest absolute Gasteiger partial charge is 0.272 e. The van der Waals surface area contributed by atoms with Gasteiger partial charge in [-0.2, -0.15) is 4.31 Å². The Hall–Kier alpha value is -1.58. The van der Waals surface area contributed by atoms with E-state index < -0.39 is 15.9 Å². The number of rotatable bonds is 4. The van der Waals surface area contributed by atoms with E-state index in [0.717, 1.165) is 0 Å². The molecule has 1 N–H and O–H groups in total. The van der Waals surface area contributed by atoms with Crippen LogP contribution in [-0.4, -0.2) is 48.5 Å². The van der Waals surface area contributed by atoms with Crippen LogP contribution in [0.25, 0.3) is 0 Å². The molecule has 2 heterocycles. The highest BCUT2D eigenvalue weighted by Gasteiger charge is 2.32. The van der Waals surface area contributed by atoms with E-state index in [-0.39, 0.29) is 27.3 Å². The molecule has 7 nitrogen and oxygen atoms in total. The Balaban J connectivity index is 1.76. The Kier molecular flexibility index (Phi) is 6.07. The predicted octanol–water partition coefficient (Wildman–Crippen LogP) is 3.38. The van der Waals surface area contributed by atoms with Crippen LogP contribution in [0, 0.1) is 0 Å². The first kappa shape index (κ1) is 21.1. The maximum absolute atomic E-state index is 12.9. The number of hydrogen-bond acceptors (Lipinski definition) is 4. The number of anilines is 1. The van der Waals surface area contributed by atoms with Crippen LogP contribution in [0.4, 0.5) is 5.69 Å². The second-order valence-corrected chi connectivity index (χ2v) is 9.49. The molecule has 0 spiro atoms. The van der Waals surface area contributed by atoms with Crippen LogP contribution in [-0.2, 0) is 21.8 Å². The van der Waals surface area contributed by atoms with Gasteiger partial charge in [0.1, 0.15) is 10.8 Å². The molecule has 10 heteroatoms. The summed E-state index contributed by atoms with van der Waals surface area (Å²) in [5, 5.41) is 3.25. The van der Waals surface area contributed by atoms with Crippen LogP contribution < -0.4 is 5.32 Å². The molecule has 1 saturated heterocycles. The number of carbonyl (C=O) groups excluding carboxylic acids is 1. The van der Waals surface area contributed by atoms with E-state index in [9.17, 15) is 13.2 Å². The van der Waals surface area contributed by atoms with Gasteiger partial charge < -0.3 is 14.6 Å². The van der Waals surface area contributed by atoms with Crippen LogP contribution in [0.2, 0.25) is 10.2 Å². The van der Waals surface area contributed by atoms with Gasteiger partial charge in [0, 0.05) is 25.8 Å². The number of carbonyl (C=O) groups is 1. The molecule has 2 unspecified atom stereocenters. The largest absolute Gasteiger partial charge is 0.373 e. The first-order chi connectivity index (χ1) is 13.1. The zero-order valence-electron chi connectivity index (χ0n) is 15.6. The Labute approximate surface area is 174 Å². The van der Waals surface area contributed by atoms with Crippen molar-refractivity contribution >= 4 is 44.8 Å². The summed E-state index contributed by atoms with van der Waals surface area (Å²) in [6.07, 6.45) is -0.331. The minimum atomic E-state index is -3.63. The van der Waals surface area contributed by atoms with Crippen molar-refractivity contribution in [2.45, 2.75) is 31.0 Å². The summed E-state index contributed by atoms with van der Waals surface area (Å²) in [6, 6.07) is 7.51. The quantitative estimate of drug-likeness (QED) is 0.781. The molecule has 2 aromatic rings. The molecule has 1 aromatic heterocycles. The van der Waals surface area contributed by atoms with Crippen molar-refractivity contribution in [1.29, 1.82) is 0 Å². The van der Waals surface area contributed by atoms with E-state index in [2.05, 4.69) is 5.32 Å². The van der Waals surface area contributed by atoms with Gasteiger partial charge in [-0.1, -0.05) is 23.2 Å². The first-order valence-corrected chi connectivity index (χ1v) is 10.9. The number of morpholine rings is 1. The number of nitrogens with zero attached hydrogens (tertiary/aromatic N) is 2. The second kappa shape index (κ2) is 8.04. The maximum atomic E-state index is 12.9. The molecule has 28 heavy (non-hydrogen) atoms. The predicted molar refractivity (Wildman–Crippen MR) is 109 cm³/mol. The van der Waals surface area contributed by atoms with Crippen molar-refractivity contribution in [2.75, 3.05) is 18.4 Å². The van der Waals surface area contributed by atoms with Gasteiger partial charge >= 0.3 is 0 Å². The molecule has 0 radical (unpaired) electrons. The molecule has 1 aromatic carbocycles. The van der Waals surface area contributed by atoms with Gasteiger partial charge in [0.2, 0.25) is 10.0 Å². The third-order valence-electron chi connectivity index (χ3n) is 4.49. The normalized spacial score (nSPS) is 20.9. The molecule has 2 atom stereocenters. The van der Waals surface area contributed by atoms with E-state index in [1.807, 2.05) is 13.8 Å². The Bertz CT molecular complexity index is 979. The standard InChI is InChI=1S/C18H21Cl2N3O4S/c1-11-9-23(10-12(2)27-11)28(25,26)14-6-4-13(5-7-14)21-18(24)16-8-15(19)17(20)22(16)3/h4-8,11-12H,9-10H2,1-3H3,(H,21,24). The van der Waals surface area contributed by atoms with Gasteiger partial charge in [0.25, 0.3) is 5.91 Å². The molecule has 1 aliphatic rings. The van der Waals surface area contributed by atoms with E-state index in [0.29, 0.717) is 24.5 Å². The highest BCUT2D eigenvalue weighted by atomic mass is 35.5. The monoisotopic (exact) mass is 445 g/mol. The highest BCUT2D eigenvalue weighted by Crippen LogP contribution is 2.26. The van der Waals surface area contributed by atoms with Crippen molar-refractivity contribution in [1.82, 2.24) is 8.87 Å². The first-order valence-electron chi connectivity index (χ1n) is 8.67. The Morgan fingerprint density at radius 2 is 1.71 bits per heavy atom. The number of benzene rings is 1. The fourth-order valence-electron chi connectivity index (χ4n) is 3.14. The van der Waals surface area contributed by atoms with E-state index in [1.54, 1.807) is 19.2 Å². The van der Waals surface area contributed by atoms with Gasteiger partial charge in [-0.25, -0.2) is 8.42 Å². The lowest BCUT2D eigenvalue weighted by Gasteiger charge is -2.34. The van der Waals surface area contributed by atoms with Crippen LogP contribution in [0.15, 0.2) is 35.2 Å². The van der Waals surface area contributed by atoms with Crippen molar-refractivity contribution in [2.24, 2.45) is 7.05 Å². The van der Waals surface area contributed by atoms with Crippen molar-refractivity contribution in [3.63, 3.8) is 0 Å². The maximum Gasteiger partial charge on any atom is 0.272 e. The van der Waals surface area contributed by atoms with Crippen LogP contribution in [0.3, 0.4) is 0 Å². The highest BCUT2D eigenvalue weighted by molar-refractivity contribution is 7.89. The summed E-state index contributed by atoms with van der Waals surface area (Å²) in [4.78, 5) is 12.6. The van der Waals surface area contributed by atoms with Gasteiger partial charge in [0.15, 0.2) is 0 Å². The molecular formula is C18H21Cl2N3O4S. The summed E-state index contributed by atoms with van der Waals surface area (Å²) in [5.41, 5.74) is 0.754. The second-order valence-electron chi connectivity index (χ2n) is 6.79. The van der Waals surface area contributed by atoms with Crippen LogP contribution in [0.5, 0.6) is 0 Å². The van der Waals surface area contributed by atoms with Crippen LogP contribution >= 0.6 is 23.2 Å². The molecular weight excluding hydrogens is 425 g/mol. The van der Waals surface area contributed by atoms with Gasteiger partial charge in [-0.05, 0) is 44.2 Å². The molecule has 3 rings (SSSR count). The van der Waals surface area contributed by atoms with E-state index in [1.165, 1.54) is 27.1 Å². The van der Waals surface area contributed by atoms with Gasteiger partial charge in [-0.15, -0.1) is 0 Å². The lowest BCUT2D eigenvalue weighted by Crippen LogP contribution is -2.48. The summed E-state index contributed by atoms with van der Waals surface area (Å²) in [5.74, 6) is -0.400. The molecule has 1 amide bonds. The molecule has 0 aliphatic carbocycles. The number of aromatic nitrogens is 1. The molecule has 1 aliphatic heterocycles. The van der Waals surface area contributed by atoms with E-state index >= 15 is 0 Å². The topological polar surface area (TPSA) is 80.6 Å². The molecule has 152 valence electrons. The van der Waals surface area contributed by atoms with Gasteiger partial charge in [-0.3, -0.25) is 4.79 Å². The fourth-order valence-corrected chi connectivity index (χ4v) is 5.11. The van der Waals surface area contributed by atoms with Crippen molar-refractivity contribution in [3.8, 4) is 0 Å². The number of amides is 1. The number of hydrogen-bond donors (Lipinski definition) is 1. The minimum absolute atomic E-state index is 0.164. The summed E-state index contributed by atoms with van der Waals surface area (Å²) < 4.78 is 34.2. The SMILES string of the molecule is CC1CN(S(=O)(=O)c2ccc(NC(=O)c3cc(Cl)c(Cl)n3C)cc2)CC(C)O1. The zero-order valence-corrected chi connectivity index (χ0v) is 18.0. The lowest BCUT2D eigenvalue weighted by atomic mass is 10.3. The summed E-state index contributed by atoms with van der Waals surface area (Å²) >= 11 is 11.9. The number of sulfonamides is 1. The minimum Gasteiger partial charge on any atom is -0.373 e. The molecule has 0 saturated carbocycles. The Morgan fingerprint density at radius 3 is 2.21 bits per heavy atom. The third-order valence-corrected chi connectivity index (χ3v) is 7.17. The Morgan fingerprint density at radius 1 is 1.14 bits per heavy atom. The zero-order chi connectivity index (χ0) is 20.6. The summed E-state index contributed by atoms with van der Waals surface area (Å²) in [7, 11) is -2.00. The number of halogens is 2. The average Bonchev–Trinajstić information content (AvgIpc) is 2.89. The number of ether oxygens (including phenoxy) is 1. The average molecular weight is 446 g/mol. The number of nitrogens with one attached hydrogen (secondary N) is 1. The molecule has 0 bridgehead atoms. The summed E-state index contributed by atoms with van der Waals surface area (Å²) in [6.45, 7) is 4.30. The third kappa shape index (κ3) is 4.21. The van der Waals surface area contributed by atoms with Crippen molar-refractivity contribution in [3.05, 3.63) is 46.2 Å². The van der Waals surface area contributed by atoms with Crippen molar-refractivity contribution < 1.29 is 17.9 Å². The van der Waals surface area contributed by atoms with Crippen LogP contribution in [0.1, 0.15) is 24.3 Å².